The van der Waals surface area contributed by atoms with E-state index in [4.69, 9.17) is 4.74 Å². The molecule has 1 N–H and O–H groups in total. The molecule has 29 heavy (non-hydrogen) atoms. The van der Waals surface area contributed by atoms with Crippen molar-refractivity contribution in [2.24, 2.45) is 0 Å². The Morgan fingerprint density at radius 1 is 1.03 bits per heavy atom. The van der Waals surface area contributed by atoms with Crippen molar-refractivity contribution < 1.29 is 9.53 Å². The maximum atomic E-state index is 12.2. The van der Waals surface area contributed by atoms with Crippen molar-refractivity contribution in [3.8, 4) is 5.75 Å². The first kappa shape index (κ1) is 21.1. The van der Waals surface area contributed by atoms with Crippen LogP contribution in [0.5, 0.6) is 5.75 Å². The van der Waals surface area contributed by atoms with E-state index in [1.54, 1.807) is 7.11 Å². The summed E-state index contributed by atoms with van der Waals surface area (Å²) in [5.74, 6) is 0.921. The quantitative estimate of drug-likeness (QED) is 0.742. The average Bonchev–Trinajstić information content (AvgIpc) is 2.74. The molecule has 1 saturated heterocycles. The van der Waals surface area contributed by atoms with Crippen molar-refractivity contribution in [2.45, 2.75) is 6.54 Å². The van der Waals surface area contributed by atoms with Gasteiger partial charge in [-0.15, -0.1) is 0 Å². The summed E-state index contributed by atoms with van der Waals surface area (Å²) in [5.41, 5.74) is 3.12. The largest absolute Gasteiger partial charge is 0.495 e. The maximum Gasteiger partial charge on any atom is 0.251 e. The van der Waals surface area contributed by atoms with Gasteiger partial charge in [0.15, 0.2) is 0 Å². The second-order valence-corrected chi connectivity index (χ2v) is 7.69. The van der Waals surface area contributed by atoms with Crippen molar-refractivity contribution >= 4 is 11.6 Å². The predicted octanol–water partition coefficient (Wildman–Crippen LogP) is 2.31. The van der Waals surface area contributed by atoms with E-state index in [-0.39, 0.29) is 5.91 Å². The lowest BCUT2D eigenvalue weighted by Gasteiger charge is -2.36. The van der Waals surface area contributed by atoms with Gasteiger partial charge in [0.1, 0.15) is 5.75 Å². The summed E-state index contributed by atoms with van der Waals surface area (Å²) in [6.45, 7) is 6.37. The minimum absolute atomic E-state index is 0.0103. The van der Waals surface area contributed by atoms with Crippen LogP contribution >= 0.6 is 0 Å². The number of ether oxygens (including phenoxy) is 1. The van der Waals surface area contributed by atoms with E-state index in [0.717, 1.165) is 45.0 Å². The summed E-state index contributed by atoms with van der Waals surface area (Å²) in [5, 5.41) is 2.95. The van der Waals surface area contributed by atoms with Gasteiger partial charge in [0.2, 0.25) is 0 Å². The summed E-state index contributed by atoms with van der Waals surface area (Å²) in [4.78, 5) is 19.1. The normalized spacial score (nSPS) is 14.8. The van der Waals surface area contributed by atoms with Crippen molar-refractivity contribution in [3.05, 3.63) is 59.7 Å². The second kappa shape index (κ2) is 10.3. The standard InChI is InChI=1S/C23H32N4O2/c1-25(2)13-12-24-23(28)20-10-8-19(9-11-20)18-26-14-16-27(17-15-26)21-6-4-5-7-22(21)29-3/h4-11H,12-18H2,1-3H3,(H,24,28). The van der Waals surface area contributed by atoms with Gasteiger partial charge >= 0.3 is 0 Å². The smallest absolute Gasteiger partial charge is 0.251 e. The molecule has 0 aliphatic carbocycles. The number of rotatable bonds is 8. The number of nitrogens with zero attached hydrogens (tertiary/aromatic N) is 3. The van der Waals surface area contributed by atoms with Gasteiger partial charge in [-0.2, -0.15) is 0 Å². The first-order chi connectivity index (χ1) is 14.1. The number of amides is 1. The minimum atomic E-state index is -0.0103. The Morgan fingerprint density at radius 3 is 2.38 bits per heavy atom. The second-order valence-electron chi connectivity index (χ2n) is 7.69. The molecule has 1 aliphatic heterocycles. The number of carbonyl (C=O) groups is 1. The number of piperazine rings is 1. The molecule has 6 heteroatoms. The molecule has 0 atom stereocenters. The van der Waals surface area contributed by atoms with Crippen LogP contribution < -0.4 is 15.0 Å². The molecule has 0 unspecified atom stereocenters. The minimum Gasteiger partial charge on any atom is -0.495 e. The Kier molecular flexibility index (Phi) is 7.49. The number of nitrogens with one attached hydrogen (secondary N) is 1. The number of hydrogen-bond donors (Lipinski definition) is 1. The Balaban J connectivity index is 1.48. The van der Waals surface area contributed by atoms with Gasteiger partial charge in [-0.1, -0.05) is 24.3 Å². The van der Waals surface area contributed by atoms with Crippen LogP contribution in [0.25, 0.3) is 0 Å². The maximum absolute atomic E-state index is 12.2. The summed E-state index contributed by atoms with van der Waals surface area (Å²) < 4.78 is 5.50. The molecule has 0 spiro atoms. The van der Waals surface area contributed by atoms with Crippen molar-refractivity contribution in [1.82, 2.24) is 15.1 Å². The zero-order chi connectivity index (χ0) is 20.6. The zero-order valence-corrected chi connectivity index (χ0v) is 17.7. The van der Waals surface area contributed by atoms with Gasteiger partial charge in [0.05, 0.1) is 12.8 Å². The molecule has 6 nitrogen and oxygen atoms in total. The number of methoxy groups -OCH3 is 1. The molecule has 1 aliphatic rings. The van der Waals surface area contributed by atoms with Gasteiger partial charge in [-0.05, 0) is 43.9 Å². The van der Waals surface area contributed by atoms with Gasteiger partial charge in [0.25, 0.3) is 5.91 Å². The number of likely N-dealkylation sites (N-methyl/N-ethyl adjacent to an activating group) is 1. The lowest BCUT2D eigenvalue weighted by molar-refractivity contribution is 0.0951. The highest BCUT2D eigenvalue weighted by Crippen LogP contribution is 2.28. The van der Waals surface area contributed by atoms with Gasteiger partial charge in [-0.25, -0.2) is 0 Å². The summed E-state index contributed by atoms with van der Waals surface area (Å²) in [7, 11) is 5.72. The van der Waals surface area contributed by atoms with Crippen LogP contribution in [0.3, 0.4) is 0 Å². The fourth-order valence-corrected chi connectivity index (χ4v) is 3.55. The van der Waals surface area contributed by atoms with Gasteiger partial charge in [0, 0.05) is 51.4 Å². The number of hydrogen-bond acceptors (Lipinski definition) is 5. The van der Waals surface area contributed by atoms with E-state index in [9.17, 15) is 4.79 Å². The third-order valence-electron chi connectivity index (χ3n) is 5.27. The zero-order valence-electron chi connectivity index (χ0n) is 17.7. The predicted molar refractivity (Wildman–Crippen MR) is 118 cm³/mol. The van der Waals surface area contributed by atoms with Crippen LogP contribution in [0.15, 0.2) is 48.5 Å². The first-order valence-electron chi connectivity index (χ1n) is 10.2. The number of para-hydroxylation sites is 2. The monoisotopic (exact) mass is 396 g/mol. The molecule has 3 rings (SSSR count). The SMILES string of the molecule is COc1ccccc1N1CCN(Cc2ccc(C(=O)NCCN(C)C)cc2)CC1. The van der Waals surface area contributed by atoms with E-state index in [0.29, 0.717) is 12.1 Å². The Bertz CT molecular complexity index is 784. The van der Waals surface area contributed by atoms with E-state index < -0.39 is 0 Å². The summed E-state index contributed by atoms with van der Waals surface area (Å²) in [6, 6.07) is 16.2. The molecular formula is C23H32N4O2. The van der Waals surface area contributed by atoms with Crippen LogP contribution in [0.1, 0.15) is 15.9 Å². The Labute approximate surface area is 174 Å². The molecule has 156 valence electrons. The highest BCUT2D eigenvalue weighted by atomic mass is 16.5. The number of benzene rings is 2. The fraction of sp³-hybridized carbons (Fsp3) is 0.435. The molecule has 0 aromatic heterocycles. The molecule has 2 aromatic carbocycles. The molecule has 2 aromatic rings. The average molecular weight is 397 g/mol. The van der Waals surface area contributed by atoms with Gasteiger partial charge < -0.3 is 19.9 Å². The van der Waals surface area contributed by atoms with Crippen molar-refractivity contribution in [3.63, 3.8) is 0 Å². The lowest BCUT2D eigenvalue weighted by Crippen LogP contribution is -2.46. The molecule has 0 saturated carbocycles. The molecule has 1 heterocycles. The number of anilines is 1. The molecule has 0 bridgehead atoms. The molecule has 1 amide bonds. The van der Waals surface area contributed by atoms with E-state index in [1.165, 1.54) is 11.3 Å². The van der Waals surface area contributed by atoms with E-state index in [1.807, 2.05) is 38.4 Å². The highest BCUT2D eigenvalue weighted by Gasteiger charge is 2.19. The lowest BCUT2D eigenvalue weighted by atomic mass is 10.1. The molecular weight excluding hydrogens is 364 g/mol. The topological polar surface area (TPSA) is 48.1 Å². The Morgan fingerprint density at radius 2 is 1.72 bits per heavy atom. The Hall–Kier alpha value is -2.57. The van der Waals surface area contributed by atoms with Gasteiger partial charge in [-0.3, -0.25) is 9.69 Å². The third-order valence-corrected chi connectivity index (χ3v) is 5.27. The highest BCUT2D eigenvalue weighted by molar-refractivity contribution is 5.94. The summed E-state index contributed by atoms with van der Waals surface area (Å²) in [6.07, 6.45) is 0. The molecule has 1 fully saturated rings. The third kappa shape index (κ3) is 5.95. The van der Waals surface area contributed by atoms with Crippen LogP contribution in [-0.4, -0.2) is 76.2 Å². The van der Waals surface area contributed by atoms with E-state index >= 15 is 0 Å². The van der Waals surface area contributed by atoms with Crippen molar-refractivity contribution in [2.75, 3.05) is 65.4 Å². The van der Waals surface area contributed by atoms with Crippen LogP contribution in [-0.2, 0) is 6.54 Å². The van der Waals surface area contributed by atoms with Crippen LogP contribution in [0, 0.1) is 0 Å². The summed E-state index contributed by atoms with van der Waals surface area (Å²) >= 11 is 0. The van der Waals surface area contributed by atoms with E-state index in [2.05, 4.69) is 44.3 Å². The van der Waals surface area contributed by atoms with Crippen molar-refractivity contribution in [1.29, 1.82) is 0 Å². The van der Waals surface area contributed by atoms with Crippen LogP contribution in [0.4, 0.5) is 5.69 Å². The first-order valence-corrected chi connectivity index (χ1v) is 10.2. The molecule has 0 radical (unpaired) electrons. The van der Waals surface area contributed by atoms with Crippen LogP contribution in [0.2, 0.25) is 0 Å². The number of carbonyl (C=O) groups excluding carboxylic acids is 1. The fourth-order valence-electron chi connectivity index (χ4n) is 3.55.